The number of hydrogen-bond donors (Lipinski definition) is 1. The van der Waals surface area contributed by atoms with Crippen LogP contribution < -0.4 is 24.9 Å². The molecule has 1 N–H and O–H groups in total. The van der Waals surface area contributed by atoms with E-state index in [-0.39, 0.29) is 22.9 Å². The van der Waals surface area contributed by atoms with Crippen LogP contribution in [0, 0.1) is 0 Å². The number of nitrogens with zero attached hydrogens (tertiary/aromatic N) is 3. The Morgan fingerprint density at radius 3 is 2.32 bits per heavy atom. The topological polar surface area (TPSA) is 137 Å². The molecule has 2 aromatic carbocycles. The van der Waals surface area contributed by atoms with E-state index in [1.54, 1.807) is 0 Å². The van der Waals surface area contributed by atoms with Crippen LogP contribution in [0.15, 0.2) is 50.9 Å². The zero-order valence-electron chi connectivity index (χ0n) is 16.4. The molecule has 0 fully saturated rings. The second kappa shape index (κ2) is 7.16. The molecule has 3 aromatic rings. The molecule has 2 heterocycles. The lowest BCUT2D eigenvalue weighted by Gasteiger charge is -2.23. The number of carboxylic acid groups (broad SMARTS) is 1. The van der Waals surface area contributed by atoms with Gasteiger partial charge in [0.25, 0.3) is 10.0 Å². The van der Waals surface area contributed by atoms with Gasteiger partial charge in [-0.05, 0) is 30.3 Å². The van der Waals surface area contributed by atoms with Crippen LogP contribution >= 0.6 is 0 Å². The highest BCUT2D eigenvalue weighted by Gasteiger charge is 2.29. The third-order valence-corrected chi connectivity index (χ3v) is 6.74. The number of ether oxygens (including phenoxy) is 2. The first-order chi connectivity index (χ1) is 14.6. The first-order valence-electron chi connectivity index (χ1n) is 8.95. The fourth-order valence-corrected chi connectivity index (χ4v) is 4.75. The summed E-state index contributed by atoms with van der Waals surface area (Å²) in [4.78, 5) is 35.3. The minimum absolute atomic E-state index is 0.0259. The number of aryl methyl sites for hydroxylation is 2. The lowest BCUT2D eigenvalue weighted by atomic mass is 10.3. The van der Waals surface area contributed by atoms with Crippen LogP contribution in [0.2, 0.25) is 0 Å². The van der Waals surface area contributed by atoms with E-state index < -0.39 is 33.7 Å². The van der Waals surface area contributed by atoms with E-state index in [0.717, 1.165) is 13.4 Å². The zero-order chi connectivity index (χ0) is 22.5. The second-order valence-electron chi connectivity index (χ2n) is 6.82. The molecule has 12 heteroatoms. The molecule has 4 rings (SSSR count). The molecule has 0 saturated carbocycles. The summed E-state index contributed by atoms with van der Waals surface area (Å²) in [5, 5.41) is 9.32. The molecule has 1 aliphatic heterocycles. The van der Waals surface area contributed by atoms with Crippen molar-refractivity contribution in [3.8, 4) is 11.5 Å². The molecule has 0 amide bonds. The molecule has 11 nitrogen and oxygen atoms in total. The summed E-state index contributed by atoms with van der Waals surface area (Å²) in [6.45, 7) is -0.867. The Balaban J connectivity index is 1.89. The van der Waals surface area contributed by atoms with E-state index in [1.165, 1.54) is 50.5 Å². The first-order valence-corrected chi connectivity index (χ1v) is 10.4. The Labute approximate surface area is 175 Å². The number of carbonyl (C=O) groups is 1. The number of rotatable bonds is 5. The maximum absolute atomic E-state index is 13.4. The SMILES string of the molecule is Cn1c(=O)c(=O)n(C)c2cc(S(=O)(=O)N(CC(=O)O)c3ccc4c(c3)OCO4)ccc21. The predicted molar refractivity (Wildman–Crippen MR) is 109 cm³/mol. The first kappa shape index (κ1) is 20.5. The fourth-order valence-electron chi connectivity index (χ4n) is 3.33. The van der Waals surface area contributed by atoms with E-state index in [4.69, 9.17) is 9.47 Å². The van der Waals surface area contributed by atoms with E-state index in [2.05, 4.69) is 0 Å². The third-order valence-electron chi connectivity index (χ3n) is 4.97. The van der Waals surface area contributed by atoms with Crippen molar-refractivity contribution in [1.29, 1.82) is 0 Å². The number of benzene rings is 2. The highest BCUT2D eigenvalue weighted by molar-refractivity contribution is 7.92. The lowest BCUT2D eigenvalue weighted by Crippen LogP contribution is -2.39. The van der Waals surface area contributed by atoms with Gasteiger partial charge in [0, 0.05) is 20.2 Å². The highest BCUT2D eigenvalue weighted by atomic mass is 32.2. The molecule has 1 aliphatic rings. The number of fused-ring (bicyclic) bond motifs is 2. The van der Waals surface area contributed by atoms with Gasteiger partial charge in [0.15, 0.2) is 11.5 Å². The number of aromatic nitrogens is 2. The van der Waals surface area contributed by atoms with Crippen molar-refractivity contribution in [2.75, 3.05) is 17.6 Å². The molecule has 1 aromatic heterocycles. The van der Waals surface area contributed by atoms with Crippen molar-refractivity contribution in [3.05, 3.63) is 57.1 Å². The van der Waals surface area contributed by atoms with E-state index in [1.807, 2.05) is 0 Å². The van der Waals surface area contributed by atoms with Crippen molar-refractivity contribution >= 4 is 32.7 Å². The highest BCUT2D eigenvalue weighted by Crippen LogP contribution is 2.37. The summed E-state index contributed by atoms with van der Waals surface area (Å²) in [6, 6.07) is 8.15. The maximum atomic E-state index is 13.4. The van der Waals surface area contributed by atoms with Crippen molar-refractivity contribution < 1.29 is 27.8 Å². The average Bonchev–Trinajstić information content (AvgIpc) is 3.21. The molecule has 0 atom stereocenters. The Kier molecular flexibility index (Phi) is 4.73. The molecule has 0 bridgehead atoms. The smallest absolute Gasteiger partial charge is 0.324 e. The van der Waals surface area contributed by atoms with Crippen molar-refractivity contribution in [1.82, 2.24) is 9.13 Å². The molecule has 0 saturated heterocycles. The number of aliphatic carboxylic acids is 1. The monoisotopic (exact) mass is 447 g/mol. The van der Waals surface area contributed by atoms with Crippen LogP contribution in [0.1, 0.15) is 0 Å². The van der Waals surface area contributed by atoms with Crippen molar-refractivity contribution in [3.63, 3.8) is 0 Å². The minimum atomic E-state index is -4.36. The molecule has 0 aliphatic carbocycles. The average molecular weight is 447 g/mol. The van der Waals surface area contributed by atoms with Crippen LogP contribution in [-0.2, 0) is 28.9 Å². The van der Waals surface area contributed by atoms with Gasteiger partial charge in [0.1, 0.15) is 6.54 Å². The van der Waals surface area contributed by atoms with Gasteiger partial charge >= 0.3 is 17.1 Å². The van der Waals surface area contributed by atoms with Crippen LogP contribution in [0.5, 0.6) is 11.5 Å². The fraction of sp³-hybridized carbons (Fsp3) is 0.211. The van der Waals surface area contributed by atoms with Crippen LogP contribution in [-0.4, -0.2) is 42.0 Å². The Morgan fingerprint density at radius 2 is 1.65 bits per heavy atom. The molecule has 0 spiro atoms. The Hall–Kier alpha value is -3.80. The third kappa shape index (κ3) is 3.30. The van der Waals surface area contributed by atoms with E-state index >= 15 is 0 Å². The normalized spacial score (nSPS) is 12.8. The van der Waals surface area contributed by atoms with Gasteiger partial charge in [-0.3, -0.25) is 18.7 Å². The zero-order valence-corrected chi connectivity index (χ0v) is 17.2. The van der Waals surface area contributed by atoms with E-state index in [9.17, 15) is 27.9 Å². The summed E-state index contributed by atoms with van der Waals surface area (Å²) < 4.78 is 40.2. The van der Waals surface area contributed by atoms with Gasteiger partial charge < -0.3 is 23.7 Å². The summed E-state index contributed by atoms with van der Waals surface area (Å²) in [5.41, 5.74) is -0.949. The van der Waals surface area contributed by atoms with Gasteiger partial charge in [-0.2, -0.15) is 0 Å². The molecular weight excluding hydrogens is 430 g/mol. The van der Waals surface area contributed by atoms with Crippen LogP contribution in [0.3, 0.4) is 0 Å². The van der Waals surface area contributed by atoms with E-state index in [0.29, 0.717) is 17.0 Å². The van der Waals surface area contributed by atoms with Gasteiger partial charge in [-0.1, -0.05) is 0 Å². The minimum Gasteiger partial charge on any atom is -0.480 e. The van der Waals surface area contributed by atoms with Gasteiger partial charge in [-0.25, -0.2) is 8.42 Å². The quantitative estimate of drug-likeness (QED) is 0.550. The maximum Gasteiger partial charge on any atom is 0.324 e. The predicted octanol–water partition coefficient (Wildman–Crippen LogP) is 0.246. The largest absolute Gasteiger partial charge is 0.480 e. The summed E-state index contributed by atoms with van der Waals surface area (Å²) in [5.74, 6) is -0.658. The second-order valence-corrected chi connectivity index (χ2v) is 8.68. The van der Waals surface area contributed by atoms with Crippen LogP contribution in [0.4, 0.5) is 5.69 Å². The van der Waals surface area contributed by atoms with Crippen molar-refractivity contribution in [2.24, 2.45) is 14.1 Å². The lowest BCUT2D eigenvalue weighted by molar-refractivity contribution is -0.135. The molecule has 31 heavy (non-hydrogen) atoms. The Morgan fingerprint density at radius 1 is 1.00 bits per heavy atom. The molecule has 0 radical (unpaired) electrons. The molecule has 162 valence electrons. The van der Waals surface area contributed by atoms with Gasteiger partial charge in [0.2, 0.25) is 6.79 Å². The van der Waals surface area contributed by atoms with Crippen LogP contribution in [0.25, 0.3) is 11.0 Å². The number of hydrogen-bond acceptors (Lipinski definition) is 7. The number of carboxylic acids is 1. The summed E-state index contributed by atoms with van der Waals surface area (Å²) >= 11 is 0. The number of anilines is 1. The Bertz CT molecular complexity index is 1460. The van der Waals surface area contributed by atoms with Gasteiger partial charge in [-0.15, -0.1) is 0 Å². The number of sulfonamides is 1. The summed E-state index contributed by atoms with van der Waals surface area (Å²) in [7, 11) is -1.59. The van der Waals surface area contributed by atoms with Crippen molar-refractivity contribution in [2.45, 2.75) is 4.90 Å². The standard InChI is InChI=1S/C19H17N3O8S/c1-20-13-5-4-12(8-14(13)21(2)19(26)18(20)25)31(27,28)22(9-17(23)24)11-3-6-15-16(7-11)30-10-29-15/h3-8H,9-10H2,1-2H3,(H,23,24). The molecular formula is C19H17N3O8S. The van der Waals surface area contributed by atoms with Gasteiger partial charge in [0.05, 0.1) is 21.6 Å². The summed E-state index contributed by atoms with van der Waals surface area (Å²) in [6.07, 6.45) is 0. The molecule has 0 unspecified atom stereocenters.